The Morgan fingerprint density at radius 3 is 2.64 bits per heavy atom. The molecule has 0 aliphatic carbocycles. The van der Waals surface area contributed by atoms with Crippen molar-refractivity contribution in [1.29, 1.82) is 5.26 Å². The Hall–Kier alpha value is -1.82. The Morgan fingerprint density at radius 1 is 1.36 bits per heavy atom. The van der Waals surface area contributed by atoms with Crippen molar-refractivity contribution in [3.8, 4) is 17.9 Å². The minimum absolute atomic E-state index is 0.0118. The van der Waals surface area contributed by atoms with Crippen LogP contribution in [0.1, 0.15) is 5.56 Å². The quantitative estimate of drug-likeness (QED) is 0.666. The number of nitrogens with two attached hydrogens (primary N) is 1. The first kappa shape index (κ1) is 10.3. The lowest BCUT2D eigenvalue weighted by Gasteiger charge is -1.97. The largest absolute Gasteiger partial charge is 0.238 e. The highest BCUT2D eigenvalue weighted by Gasteiger charge is 2.06. The third-order valence-electron chi connectivity index (χ3n) is 1.43. The number of primary sulfonamides is 1. The third-order valence-corrected chi connectivity index (χ3v) is 2.34. The fourth-order valence-corrected chi connectivity index (χ4v) is 1.41. The summed E-state index contributed by atoms with van der Waals surface area (Å²) in [5.74, 6) is 4.64. The molecule has 0 unspecified atom stereocenters. The van der Waals surface area contributed by atoms with E-state index in [2.05, 4.69) is 11.8 Å². The van der Waals surface area contributed by atoms with Crippen molar-refractivity contribution in [3.05, 3.63) is 29.8 Å². The number of hydrogen-bond acceptors (Lipinski definition) is 3. The molecule has 0 amide bonds. The number of nitrogens with zero attached hydrogens (tertiary/aromatic N) is 1. The smallest absolute Gasteiger partial charge is 0.225 e. The first-order valence-corrected chi connectivity index (χ1v) is 5.11. The van der Waals surface area contributed by atoms with E-state index < -0.39 is 10.0 Å². The van der Waals surface area contributed by atoms with Gasteiger partial charge in [-0.1, -0.05) is 12.0 Å². The van der Waals surface area contributed by atoms with Crippen LogP contribution in [0.2, 0.25) is 0 Å². The molecule has 4 nitrogen and oxygen atoms in total. The van der Waals surface area contributed by atoms with E-state index in [0.717, 1.165) is 0 Å². The molecule has 0 saturated carbocycles. The molecule has 0 aromatic heterocycles. The zero-order valence-corrected chi connectivity index (χ0v) is 7.88. The highest BCUT2D eigenvalue weighted by molar-refractivity contribution is 7.89. The van der Waals surface area contributed by atoms with Crippen molar-refractivity contribution >= 4 is 10.0 Å². The van der Waals surface area contributed by atoms with Gasteiger partial charge in [0.1, 0.15) is 0 Å². The molecule has 1 aromatic carbocycles. The van der Waals surface area contributed by atoms with E-state index in [1.54, 1.807) is 12.1 Å². The maximum Gasteiger partial charge on any atom is 0.238 e. The highest BCUT2D eigenvalue weighted by Crippen LogP contribution is 2.08. The maximum atomic E-state index is 10.9. The van der Waals surface area contributed by atoms with Gasteiger partial charge >= 0.3 is 0 Å². The van der Waals surface area contributed by atoms with Gasteiger partial charge in [0.25, 0.3) is 0 Å². The molecule has 0 aliphatic rings. The van der Waals surface area contributed by atoms with Crippen LogP contribution in [-0.4, -0.2) is 8.42 Å². The molecule has 1 aromatic rings. The predicted octanol–water partition coefficient (Wildman–Crippen LogP) is 0.209. The first-order valence-electron chi connectivity index (χ1n) is 3.57. The minimum Gasteiger partial charge on any atom is -0.225 e. The normalized spacial score (nSPS) is 9.71. The minimum atomic E-state index is -3.70. The Bertz CT molecular complexity index is 544. The van der Waals surface area contributed by atoms with Crippen LogP contribution in [0.15, 0.2) is 29.2 Å². The second-order valence-electron chi connectivity index (χ2n) is 2.43. The SMILES string of the molecule is N#CC#Cc1cccc(S(N)(=O)=O)c1. The number of rotatable bonds is 1. The predicted molar refractivity (Wildman–Crippen MR) is 50.3 cm³/mol. The van der Waals surface area contributed by atoms with Gasteiger partial charge in [0.2, 0.25) is 10.0 Å². The summed E-state index contributed by atoms with van der Waals surface area (Å²) in [5, 5.41) is 13.1. The van der Waals surface area contributed by atoms with E-state index in [1.165, 1.54) is 18.2 Å². The van der Waals surface area contributed by atoms with Gasteiger partial charge in [0.05, 0.1) is 4.90 Å². The molecule has 0 aliphatic heterocycles. The summed E-state index contributed by atoms with van der Waals surface area (Å²) in [5.41, 5.74) is 0.443. The van der Waals surface area contributed by atoms with Crippen molar-refractivity contribution in [2.45, 2.75) is 4.90 Å². The molecule has 14 heavy (non-hydrogen) atoms. The second kappa shape index (κ2) is 3.93. The fraction of sp³-hybridized carbons (Fsp3) is 0. The van der Waals surface area contributed by atoms with Crippen molar-refractivity contribution in [2.24, 2.45) is 5.14 Å². The van der Waals surface area contributed by atoms with E-state index in [0.29, 0.717) is 5.56 Å². The molecule has 0 bridgehead atoms. The zero-order valence-electron chi connectivity index (χ0n) is 7.06. The first-order chi connectivity index (χ1) is 6.54. The van der Waals surface area contributed by atoms with Gasteiger partial charge in [0.15, 0.2) is 6.07 Å². The van der Waals surface area contributed by atoms with E-state index in [-0.39, 0.29) is 4.90 Å². The zero-order chi connectivity index (χ0) is 10.6. The van der Waals surface area contributed by atoms with E-state index in [4.69, 9.17) is 10.4 Å². The summed E-state index contributed by atoms with van der Waals surface area (Å²) >= 11 is 0. The molecule has 5 heteroatoms. The fourth-order valence-electron chi connectivity index (χ4n) is 0.851. The van der Waals surface area contributed by atoms with Crippen LogP contribution in [0.5, 0.6) is 0 Å². The summed E-state index contributed by atoms with van der Waals surface area (Å²) in [4.78, 5) is -0.0118. The van der Waals surface area contributed by atoms with Crippen LogP contribution in [-0.2, 0) is 10.0 Å². The molecule has 0 atom stereocenters. The molecule has 0 spiro atoms. The summed E-state index contributed by atoms with van der Waals surface area (Å²) in [6, 6.07) is 7.43. The standard InChI is InChI=1S/C9H6N2O2S/c10-6-2-4-8-3-1-5-9(7-8)14(11,12)13/h1,3,5,7H,(H2,11,12,13). The van der Waals surface area contributed by atoms with Gasteiger partial charge in [0, 0.05) is 11.5 Å². The van der Waals surface area contributed by atoms with Crippen LogP contribution >= 0.6 is 0 Å². The Labute approximate surface area is 82.0 Å². The van der Waals surface area contributed by atoms with Gasteiger partial charge in [-0.15, -0.1) is 0 Å². The van der Waals surface area contributed by atoms with Crippen molar-refractivity contribution in [2.75, 3.05) is 0 Å². The van der Waals surface area contributed by atoms with Crippen molar-refractivity contribution in [3.63, 3.8) is 0 Å². The summed E-state index contributed by atoms with van der Waals surface area (Å²) in [6.45, 7) is 0. The van der Waals surface area contributed by atoms with E-state index in [1.807, 2.05) is 0 Å². The van der Waals surface area contributed by atoms with Gasteiger partial charge in [-0.3, -0.25) is 0 Å². The van der Waals surface area contributed by atoms with Gasteiger partial charge in [-0.05, 0) is 18.2 Å². The lowest BCUT2D eigenvalue weighted by molar-refractivity contribution is 0.598. The number of nitriles is 1. The molecular formula is C9H6N2O2S. The van der Waals surface area contributed by atoms with E-state index in [9.17, 15) is 8.42 Å². The molecule has 1 rings (SSSR count). The molecule has 0 fully saturated rings. The molecular weight excluding hydrogens is 200 g/mol. The van der Waals surface area contributed by atoms with Gasteiger partial charge in [-0.2, -0.15) is 5.26 Å². The second-order valence-corrected chi connectivity index (χ2v) is 4.00. The van der Waals surface area contributed by atoms with Crippen molar-refractivity contribution < 1.29 is 8.42 Å². The highest BCUT2D eigenvalue weighted by atomic mass is 32.2. The molecule has 2 N–H and O–H groups in total. The monoisotopic (exact) mass is 206 g/mol. The van der Waals surface area contributed by atoms with E-state index >= 15 is 0 Å². The van der Waals surface area contributed by atoms with Crippen LogP contribution in [0.4, 0.5) is 0 Å². The number of sulfonamides is 1. The molecule has 0 radical (unpaired) electrons. The Kier molecular flexibility index (Phi) is 2.88. The number of benzene rings is 1. The third kappa shape index (κ3) is 2.60. The topological polar surface area (TPSA) is 83.9 Å². The lowest BCUT2D eigenvalue weighted by Crippen LogP contribution is -2.11. The van der Waals surface area contributed by atoms with Crippen LogP contribution in [0.3, 0.4) is 0 Å². The Balaban J connectivity index is 3.23. The Morgan fingerprint density at radius 2 is 2.07 bits per heavy atom. The summed E-state index contributed by atoms with van der Waals surface area (Å²) in [7, 11) is -3.70. The summed E-state index contributed by atoms with van der Waals surface area (Å²) in [6.07, 6.45) is 0. The molecule has 0 heterocycles. The van der Waals surface area contributed by atoms with Gasteiger partial charge in [-0.25, -0.2) is 13.6 Å². The average molecular weight is 206 g/mol. The van der Waals surface area contributed by atoms with Crippen molar-refractivity contribution in [1.82, 2.24) is 0 Å². The molecule has 0 saturated heterocycles. The van der Waals surface area contributed by atoms with Crippen LogP contribution in [0, 0.1) is 23.2 Å². The van der Waals surface area contributed by atoms with Crippen LogP contribution < -0.4 is 5.14 Å². The lowest BCUT2D eigenvalue weighted by atomic mass is 10.2. The average Bonchev–Trinajstić information content (AvgIpc) is 2.14. The van der Waals surface area contributed by atoms with Crippen LogP contribution in [0.25, 0.3) is 0 Å². The molecule has 70 valence electrons. The summed E-state index contributed by atoms with van der Waals surface area (Å²) < 4.78 is 21.8. The maximum absolute atomic E-state index is 10.9. The van der Waals surface area contributed by atoms with Gasteiger partial charge < -0.3 is 0 Å². The number of hydrogen-bond donors (Lipinski definition) is 1.